The van der Waals surface area contributed by atoms with Gasteiger partial charge in [0, 0.05) is 23.2 Å². The molecular formula is C13H12N2OS. The fourth-order valence-electron chi connectivity index (χ4n) is 1.32. The molecule has 0 saturated carbocycles. The summed E-state index contributed by atoms with van der Waals surface area (Å²) < 4.78 is 0. The van der Waals surface area contributed by atoms with Gasteiger partial charge in [-0.15, -0.1) is 11.3 Å². The number of hydrogen-bond acceptors (Lipinski definition) is 2. The summed E-state index contributed by atoms with van der Waals surface area (Å²) in [7, 11) is 0. The number of benzene rings is 1. The molecular weight excluding hydrogens is 232 g/mol. The molecule has 2 rings (SSSR count). The fraction of sp³-hybridized carbons (Fsp3) is 0.0769. The van der Waals surface area contributed by atoms with Crippen LogP contribution in [-0.4, -0.2) is 12.2 Å². The summed E-state index contributed by atoms with van der Waals surface area (Å²) in [5.74, 6) is 0. The van der Waals surface area contributed by atoms with E-state index in [1.807, 2.05) is 47.8 Å². The second-order valence-electron chi connectivity index (χ2n) is 3.39. The molecule has 86 valence electrons. The molecule has 0 bridgehead atoms. The Morgan fingerprint density at radius 3 is 2.76 bits per heavy atom. The maximum absolute atomic E-state index is 11.4. The first-order valence-electron chi connectivity index (χ1n) is 5.25. The minimum Gasteiger partial charge on any atom is -0.306 e. The average molecular weight is 244 g/mol. The quantitative estimate of drug-likeness (QED) is 0.823. The van der Waals surface area contributed by atoms with Crippen molar-refractivity contribution in [3.05, 3.63) is 52.7 Å². The fourth-order valence-corrected chi connectivity index (χ4v) is 1.98. The standard InChI is InChI=1S/C13H12N2OS/c16-13(15-11-5-2-1-3-6-11)14-9-8-12-7-4-10-17-12/h1-7,9-10H,8H2,(H,15,16). The molecule has 0 aliphatic rings. The lowest BCUT2D eigenvalue weighted by atomic mass is 10.3. The molecule has 17 heavy (non-hydrogen) atoms. The van der Waals surface area contributed by atoms with Gasteiger partial charge in [-0.05, 0) is 23.6 Å². The Morgan fingerprint density at radius 2 is 2.06 bits per heavy atom. The van der Waals surface area contributed by atoms with Gasteiger partial charge in [-0.25, -0.2) is 9.79 Å². The van der Waals surface area contributed by atoms with Crippen LogP contribution in [-0.2, 0) is 6.42 Å². The van der Waals surface area contributed by atoms with E-state index < -0.39 is 0 Å². The van der Waals surface area contributed by atoms with Crippen LogP contribution in [0.1, 0.15) is 4.88 Å². The molecule has 0 radical (unpaired) electrons. The molecule has 0 aliphatic carbocycles. The van der Waals surface area contributed by atoms with Crippen LogP contribution in [0, 0.1) is 0 Å². The van der Waals surface area contributed by atoms with Gasteiger partial charge in [0.25, 0.3) is 0 Å². The zero-order chi connectivity index (χ0) is 11.9. The molecule has 0 fully saturated rings. The Balaban J connectivity index is 1.83. The van der Waals surface area contributed by atoms with Gasteiger partial charge in [0.1, 0.15) is 0 Å². The number of hydrogen-bond donors (Lipinski definition) is 1. The molecule has 1 N–H and O–H groups in total. The minimum absolute atomic E-state index is 0.340. The molecule has 0 aliphatic heterocycles. The summed E-state index contributed by atoms with van der Waals surface area (Å²) in [5.41, 5.74) is 0.755. The third-order valence-electron chi connectivity index (χ3n) is 2.11. The van der Waals surface area contributed by atoms with Crippen LogP contribution >= 0.6 is 11.3 Å². The second kappa shape index (κ2) is 5.96. The van der Waals surface area contributed by atoms with E-state index in [2.05, 4.69) is 10.3 Å². The number of urea groups is 1. The van der Waals surface area contributed by atoms with E-state index in [4.69, 9.17) is 0 Å². The van der Waals surface area contributed by atoms with Gasteiger partial charge < -0.3 is 5.32 Å². The van der Waals surface area contributed by atoms with Crippen molar-refractivity contribution in [3.8, 4) is 0 Å². The van der Waals surface area contributed by atoms with Gasteiger partial charge in [-0.1, -0.05) is 24.3 Å². The van der Waals surface area contributed by atoms with E-state index in [0.29, 0.717) is 6.42 Å². The largest absolute Gasteiger partial charge is 0.345 e. The van der Waals surface area contributed by atoms with Crippen LogP contribution < -0.4 is 5.32 Å². The first kappa shape index (κ1) is 11.5. The van der Waals surface area contributed by atoms with Crippen molar-refractivity contribution in [1.29, 1.82) is 0 Å². The molecule has 4 heteroatoms. The maximum Gasteiger partial charge on any atom is 0.345 e. The molecule has 2 amide bonds. The van der Waals surface area contributed by atoms with Gasteiger partial charge in [0.05, 0.1) is 0 Å². The van der Waals surface area contributed by atoms with Gasteiger partial charge >= 0.3 is 6.03 Å². The highest BCUT2D eigenvalue weighted by Crippen LogP contribution is 2.08. The van der Waals surface area contributed by atoms with Crippen LogP contribution in [0.2, 0.25) is 0 Å². The number of anilines is 1. The molecule has 0 atom stereocenters. The van der Waals surface area contributed by atoms with E-state index in [-0.39, 0.29) is 6.03 Å². The molecule has 1 aromatic heterocycles. The SMILES string of the molecule is O=C(N=CCc1cccs1)Nc1ccccc1. The lowest BCUT2D eigenvalue weighted by Gasteiger charge is -1.99. The van der Waals surface area contributed by atoms with Crippen LogP contribution in [0.5, 0.6) is 0 Å². The van der Waals surface area contributed by atoms with Crippen molar-refractivity contribution in [3.63, 3.8) is 0 Å². The Hall–Kier alpha value is -1.94. The Labute approximate surface area is 104 Å². The van der Waals surface area contributed by atoms with E-state index in [9.17, 15) is 4.79 Å². The number of para-hydroxylation sites is 1. The lowest BCUT2D eigenvalue weighted by molar-refractivity contribution is 0.259. The molecule has 3 nitrogen and oxygen atoms in total. The number of nitrogens with one attached hydrogen (secondary N) is 1. The smallest absolute Gasteiger partial charge is 0.306 e. The van der Waals surface area contributed by atoms with Crippen molar-refractivity contribution in [2.75, 3.05) is 5.32 Å². The monoisotopic (exact) mass is 244 g/mol. The van der Waals surface area contributed by atoms with Crippen LogP contribution in [0.4, 0.5) is 10.5 Å². The molecule has 1 aromatic carbocycles. The summed E-state index contributed by atoms with van der Waals surface area (Å²) >= 11 is 1.66. The first-order chi connectivity index (χ1) is 8.34. The van der Waals surface area contributed by atoms with Gasteiger partial charge in [-0.2, -0.15) is 0 Å². The van der Waals surface area contributed by atoms with Crippen molar-refractivity contribution < 1.29 is 4.79 Å². The number of aliphatic imine (C=N–C) groups is 1. The molecule has 1 heterocycles. The van der Waals surface area contributed by atoms with Gasteiger partial charge in [0.15, 0.2) is 0 Å². The molecule has 0 unspecified atom stereocenters. The zero-order valence-corrected chi connectivity index (χ0v) is 9.98. The number of amides is 2. The molecule has 2 aromatic rings. The number of nitrogens with zero attached hydrogens (tertiary/aromatic N) is 1. The van der Waals surface area contributed by atoms with Crippen LogP contribution in [0.15, 0.2) is 52.8 Å². The van der Waals surface area contributed by atoms with Crippen molar-refractivity contribution in [1.82, 2.24) is 0 Å². The summed E-state index contributed by atoms with van der Waals surface area (Å²) in [4.78, 5) is 16.5. The number of carbonyl (C=O) groups excluding carboxylic acids is 1. The lowest BCUT2D eigenvalue weighted by Crippen LogP contribution is -2.06. The van der Waals surface area contributed by atoms with E-state index in [1.165, 1.54) is 4.88 Å². The second-order valence-corrected chi connectivity index (χ2v) is 4.42. The highest BCUT2D eigenvalue weighted by atomic mass is 32.1. The number of carbonyl (C=O) groups is 1. The van der Waals surface area contributed by atoms with Gasteiger partial charge in [-0.3, -0.25) is 0 Å². The van der Waals surface area contributed by atoms with Gasteiger partial charge in [0.2, 0.25) is 0 Å². The average Bonchev–Trinajstić information content (AvgIpc) is 2.83. The van der Waals surface area contributed by atoms with Crippen molar-refractivity contribution in [2.45, 2.75) is 6.42 Å². The highest BCUT2D eigenvalue weighted by Gasteiger charge is 1.97. The predicted octanol–water partition coefficient (Wildman–Crippen LogP) is 3.59. The third-order valence-corrected chi connectivity index (χ3v) is 3.00. The van der Waals surface area contributed by atoms with Crippen molar-refractivity contribution >= 4 is 29.3 Å². The molecule has 0 saturated heterocycles. The van der Waals surface area contributed by atoms with Crippen LogP contribution in [0.25, 0.3) is 0 Å². The third kappa shape index (κ3) is 3.85. The maximum atomic E-state index is 11.4. The summed E-state index contributed by atoms with van der Waals surface area (Å²) in [6.07, 6.45) is 2.32. The van der Waals surface area contributed by atoms with E-state index in [0.717, 1.165) is 5.69 Å². The van der Waals surface area contributed by atoms with Crippen LogP contribution in [0.3, 0.4) is 0 Å². The summed E-state index contributed by atoms with van der Waals surface area (Å²) in [5, 5.41) is 4.70. The van der Waals surface area contributed by atoms with Crippen molar-refractivity contribution in [2.24, 2.45) is 4.99 Å². The molecule has 0 spiro atoms. The zero-order valence-electron chi connectivity index (χ0n) is 9.17. The predicted molar refractivity (Wildman–Crippen MR) is 72.0 cm³/mol. The first-order valence-corrected chi connectivity index (χ1v) is 6.13. The van der Waals surface area contributed by atoms with E-state index >= 15 is 0 Å². The summed E-state index contributed by atoms with van der Waals surface area (Å²) in [6, 6.07) is 12.9. The number of rotatable bonds is 3. The Bertz CT molecular complexity index is 491. The number of thiophene rings is 1. The van der Waals surface area contributed by atoms with E-state index in [1.54, 1.807) is 17.6 Å². The Kier molecular flexibility index (Phi) is 4.05. The minimum atomic E-state index is -0.340. The highest BCUT2D eigenvalue weighted by molar-refractivity contribution is 7.10. The Morgan fingerprint density at radius 1 is 1.24 bits per heavy atom. The normalized spacial score (nSPS) is 10.6. The topological polar surface area (TPSA) is 41.5 Å². The summed E-state index contributed by atoms with van der Waals surface area (Å²) in [6.45, 7) is 0.